The number of amides is 1. The number of hydrogen-bond acceptors (Lipinski definition) is 3. The first-order valence-corrected chi connectivity index (χ1v) is 7.97. The van der Waals surface area contributed by atoms with E-state index in [0.29, 0.717) is 18.5 Å². The second kappa shape index (κ2) is 5.80. The third kappa shape index (κ3) is 3.11. The zero-order valence-electron chi connectivity index (χ0n) is 12.0. The molecule has 3 fully saturated rings. The van der Waals surface area contributed by atoms with E-state index < -0.39 is 0 Å². The maximum atomic E-state index is 11.6. The first-order valence-electron chi connectivity index (χ1n) is 7.97. The van der Waals surface area contributed by atoms with Gasteiger partial charge in [-0.25, -0.2) is 0 Å². The fourth-order valence-electron chi connectivity index (χ4n) is 4.20. The maximum absolute atomic E-state index is 11.6. The number of fused-ring (bicyclic) bond motifs is 2. The smallest absolute Gasteiger partial charge is 0.221 e. The van der Waals surface area contributed by atoms with Gasteiger partial charge in [0, 0.05) is 37.1 Å². The second-order valence-electron chi connectivity index (χ2n) is 6.63. The van der Waals surface area contributed by atoms with Crippen molar-refractivity contribution in [2.24, 2.45) is 0 Å². The quantitative estimate of drug-likeness (QED) is 0.790. The van der Waals surface area contributed by atoms with Gasteiger partial charge < -0.3 is 15.5 Å². The number of nitrogens with zero attached hydrogens (tertiary/aromatic N) is 1. The number of nitrogens with one attached hydrogen (secondary N) is 2. The van der Waals surface area contributed by atoms with E-state index in [0.717, 1.165) is 31.5 Å². The minimum absolute atomic E-state index is 0.225. The summed E-state index contributed by atoms with van der Waals surface area (Å²) < 4.78 is 0. The van der Waals surface area contributed by atoms with E-state index in [1.807, 2.05) is 0 Å². The van der Waals surface area contributed by atoms with Crippen molar-refractivity contribution in [1.82, 2.24) is 15.5 Å². The Morgan fingerprint density at radius 3 is 2.58 bits per heavy atom. The molecule has 1 amide bonds. The van der Waals surface area contributed by atoms with Crippen molar-refractivity contribution in [2.75, 3.05) is 13.6 Å². The highest BCUT2D eigenvalue weighted by atomic mass is 16.1. The van der Waals surface area contributed by atoms with Crippen LogP contribution in [0.15, 0.2) is 0 Å². The number of carbonyl (C=O) groups is 1. The molecule has 0 radical (unpaired) electrons. The van der Waals surface area contributed by atoms with Gasteiger partial charge in [0.2, 0.25) is 5.91 Å². The monoisotopic (exact) mass is 265 g/mol. The van der Waals surface area contributed by atoms with Gasteiger partial charge in [-0.3, -0.25) is 4.79 Å². The molecular formula is C15H27N3O. The molecule has 0 aromatic carbocycles. The molecule has 3 aliphatic rings. The molecule has 19 heavy (non-hydrogen) atoms. The summed E-state index contributed by atoms with van der Waals surface area (Å²) in [4.78, 5) is 14.2. The molecule has 0 saturated carbocycles. The molecule has 0 aliphatic carbocycles. The van der Waals surface area contributed by atoms with Gasteiger partial charge in [0.15, 0.2) is 0 Å². The van der Waals surface area contributed by atoms with Gasteiger partial charge in [-0.05, 0) is 45.6 Å². The van der Waals surface area contributed by atoms with Gasteiger partial charge in [0.1, 0.15) is 0 Å². The Morgan fingerprint density at radius 2 is 1.84 bits per heavy atom. The van der Waals surface area contributed by atoms with Gasteiger partial charge in [-0.2, -0.15) is 0 Å². The lowest BCUT2D eigenvalue weighted by molar-refractivity contribution is -0.121. The predicted molar refractivity (Wildman–Crippen MR) is 76.0 cm³/mol. The molecule has 0 spiro atoms. The highest BCUT2D eigenvalue weighted by Gasteiger charge is 2.36. The van der Waals surface area contributed by atoms with Gasteiger partial charge >= 0.3 is 0 Å². The molecule has 4 nitrogen and oxygen atoms in total. The Bertz CT molecular complexity index is 319. The molecule has 2 N–H and O–H groups in total. The van der Waals surface area contributed by atoms with Gasteiger partial charge in [0.25, 0.3) is 0 Å². The van der Waals surface area contributed by atoms with Crippen LogP contribution in [-0.4, -0.2) is 48.6 Å². The van der Waals surface area contributed by atoms with E-state index in [-0.39, 0.29) is 5.91 Å². The summed E-state index contributed by atoms with van der Waals surface area (Å²) in [5.74, 6) is 0.225. The summed E-state index contributed by atoms with van der Waals surface area (Å²) in [5, 5.41) is 6.76. The maximum Gasteiger partial charge on any atom is 0.221 e. The lowest BCUT2D eigenvalue weighted by Gasteiger charge is -2.47. The van der Waals surface area contributed by atoms with Crippen molar-refractivity contribution >= 4 is 5.91 Å². The average Bonchev–Trinajstić information content (AvgIpc) is 2.55. The number of rotatable bonds is 2. The molecule has 0 aromatic rings. The molecule has 108 valence electrons. The lowest BCUT2D eigenvalue weighted by Crippen LogP contribution is -2.56. The van der Waals surface area contributed by atoms with Crippen LogP contribution in [0.4, 0.5) is 0 Å². The summed E-state index contributed by atoms with van der Waals surface area (Å²) in [7, 11) is 2.30. The van der Waals surface area contributed by atoms with Crippen LogP contribution in [0.25, 0.3) is 0 Å². The van der Waals surface area contributed by atoms with Crippen LogP contribution >= 0.6 is 0 Å². The van der Waals surface area contributed by atoms with E-state index in [2.05, 4.69) is 22.6 Å². The van der Waals surface area contributed by atoms with Gasteiger partial charge in [-0.1, -0.05) is 6.42 Å². The third-order valence-corrected chi connectivity index (χ3v) is 5.29. The molecule has 3 atom stereocenters. The Kier molecular flexibility index (Phi) is 4.08. The zero-order valence-corrected chi connectivity index (χ0v) is 12.0. The molecule has 3 unspecified atom stereocenters. The van der Waals surface area contributed by atoms with Crippen molar-refractivity contribution in [3.8, 4) is 0 Å². The SMILES string of the molecule is CN1C2CCCC1CC(NC1CCCNC(=O)C1)C2. The Hall–Kier alpha value is -0.610. The summed E-state index contributed by atoms with van der Waals surface area (Å²) in [6.45, 7) is 0.857. The molecular weight excluding hydrogens is 238 g/mol. The van der Waals surface area contributed by atoms with Crippen molar-refractivity contribution < 1.29 is 4.79 Å². The van der Waals surface area contributed by atoms with Crippen molar-refractivity contribution in [1.29, 1.82) is 0 Å². The first kappa shape index (κ1) is 13.4. The third-order valence-electron chi connectivity index (χ3n) is 5.29. The van der Waals surface area contributed by atoms with Crippen molar-refractivity contribution in [3.63, 3.8) is 0 Å². The van der Waals surface area contributed by atoms with Crippen LogP contribution < -0.4 is 10.6 Å². The Morgan fingerprint density at radius 1 is 1.11 bits per heavy atom. The summed E-state index contributed by atoms with van der Waals surface area (Å²) in [5.41, 5.74) is 0. The number of carbonyl (C=O) groups excluding carboxylic acids is 1. The fourth-order valence-corrected chi connectivity index (χ4v) is 4.20. The summed E-state index contributed by atoms with van der Waals surface area (Å²) >= 11 is 0. The topological polar surface area (TPSA) is 44.4 Å². The number of piperidine rings is 2. The highest BCUT2D eigenvalue weighted by Crippen LogP contribution is 2.33. The van der Waals surface area contributed by atoms with Crippen LogP contribution in [0.2, 0.25) is 0 Å². The standard InChI is InChI=1S/C15H27N3O/c1-18-13-5-2-6-14(18)9-12(8-13)17-11-4-3-7-16-15(19)10-11/h11-14,17H,2-10H2,1H3,(H,16,19). The predicted octanol–water partition coefficient (Wildman–Crippen LogP) is 1.26. The first-order chi connectivity index (χ1) is 9.22. The van der Waals surface area contributed by atoms with Crippen LogP contribution in [0.3, 0.4) is 0 Å². The van der Waals surface area contributed by atoms with Crippen LogP contribution in [0.1, 0.15) is 51.4 Å². The summed E-state index contributed by atoms with van der Waals surface area (Å²) in [6, 6.07) is 2.56. The second-order valence-corrected chi connectivity index (χ2v) is 6.63. The summed E-state index contributed by atoms with van der Waals surface area (Å²) in [6.07, 6.45) is 9.58. The minimum atomic E-state index is 0.225. The van der Waals surface area contributed by atoms with Crippen LogP contribution in [0.5, 0.6) is 0 Å². The molecule has 3 heterocycles. The van der Waals surface area contributed by atoms with E-state index in [1.165, 1.54) is 32.1 Å². The highest BCUT2D eigenvalue weighted by molar-refractivity contribution is 5.76. The van der Waals surface area contributed by atoms with E-state index in [1.54, 1.807) is 0 Å². The fraction of sp³-hybridized carbons (Fsp3) is 0.933. The zero-order chi connectivity index (χ0) is 13.2. The van der Waals surface area contributed by atoms with E-state index in [4.69, 9.17) is 0 Å². The Balaban J connectivity index is 1.56. The normalized spacial score (nSPS) is 40.6. The van der Waals surface area contributed by atoms with Gasteiger partial charge in [-0.15, -0.1) is 0 Å². The molecule has 3 saturated heterocycles. The van der Waals surface area contributed by atoms with Crippen LogP contribution in [0, 0.1) is 0 Å². The molecule has 3 rings (SSSR count). The van der Waals surface area contributed by atoms with E-state index >= 15 is 0 Å². The average molecular weight is 265 g/mol. The molecule has 3 aliphatic heterocycles. The van der Waals surface area contributed by atoms with Gasteiger partial charge in [0.05, 0.1) is 0 Å². The van der Waals surface area contributed by atoms with Crippen LogP contribution in [-0.2, 0) is 4.79 Å². The molecule has 2 bridgehead atoms. The molecule has 4 heteroatoms. The van der Waals surface area contributed by atoms with Crippen molar-refractivity contribution in [3.05, 3.63) is 0 Å². The van der Waals surface area contributed by atoms with Crippen molar-refractivity contribution in [2.45, 2.75) is 75.5 Å². The minimum Gasteiger partial charge on any atom is -0.356 e. The number of hydrogen-bond donors (Lipinski definition) is 2. The lowest BCUT2D eigenvalue weighted by atomic mass is 9.82. The van der Waals surface area contributed by atoms with E-state index in [9.17, 15) is 4.79 Å². The molecule has 0 aromatic heterocycles. The Labute approximate surface area is 116 Å². The largest absolute Gasteiger partial charge is 0.356 e.